The molecule has 0 spiro atoms. The molecule has 0 aromatic rings. The van der Waals surface area contributed by atoms with Gasteiger partial charge >= 0.3 is 0 Å². The Balaban J connectivity index is 0. The van der Waals surface area contributed by atoms with Gasteiger partial charge in [0.15, 0.2) is 0 Å². The van der Waals surface area contributed by atoms with Crippen LogP contribution in [0.3, 0.4) is 0 Å². The topological polar surface area (TPSA) is 20.2 Å². The first-order chi connectivity index (χ1) is 1.91. The van der Waals surface area contributed by atoms with Crippen molar-refractivity contribution in [3.05, 3.63) is 0 Å². The number of rotatable bonds is 1. The molecular formula is C2H5ClFeO. The van der Waals surface area contributed by atoms with Crippen LogP contribution in [0.4, 0.5) is 0 Å². The van der Waals surface area contributed by atoms with Gasteiger partial charge in [0.1, 0.15) is 0 Å². The second kappa shape index (κ2) is 8.84. The van der Waals surface area contributed by atoms with Crippen LogP contribution in [-0.4, -0.2) is 17.6 Å². The molecule has 0 rings (SSSR count). The van der Waals surface area contributed by atoms with Crippen molar-refractivity contribution in [2.24, 2.45) is 0 Å². The molecular weight excluding hydrogens is 131 g/mol. The molecule has 0 amide bonds. The van der Waals surface area contributed by atoms with Crippen molar-refractivity contribution in [3.63, 3.8) is 0 Å². The second-order valence-corrected chi connectivity index (χ2v) is 0.791. The monoisotopic (exact) mass is 136 g/mol. The van der Waals surface area contributed by atoms with Crippen molar-refractivity contribution in [3.8, 4) is 0 Å². The van der Waals surface area contributed by atoms with Crippen molar-refractivity contribution >= 4 is 11.6 Å². The number of hydrogen-bond donors (Lipinski definition) is 1. The van der Waals surface area contributed by atoms with E-state index in [0.717, 1.165) is 0 Å². The van der Waals surface area contributed by atoms with E-state index < -0.39 is 0 Å². The standard InChI is InChI=1S/C2H5ClO.Fe/c3-1-2-4;/h4H,1-2H2;. The second-order valence-electron chi connectivity index (χ2n) is 0.413. The van der Waals surface area contributed by atoms with Gasteiger partial charge in [-0.2, -0.15) is 0 Å². The molecule has 0 aliphatic carbocycles. The van der Waals surface area contributed by atoms with Gasteiger partial charge < -0.3 is 5.11 Å². The number of halogens is 1. The quantitative estimate of drug-likeness (QED) is 0.404. The zero-order chi connectivity index (χ0) is 3.41. The Kier molecular flexibility index (Phi) is 16.3. The fraction of sp³-hybridized carbons (Fsp3) is 1.00. The zero-order valence-electron chi connectivity index (χ0n) is 2.59. The Morgan fingerprint density at radius 1 is 1.60 bits per heavy atom. The molecule has 0 saturated carbocycles. The number of aliphatic hydroxyl groups excluding tert-OH is 1. The first-order valence-corrected chi connectivity index (χ1v) is 1.62. The average molecular weight is 136 g/mol. The van der Waals surface area contributed by atoms with Gasteiger partial charge in [-0.1, -0.05) is 0 Å². The molecule has 0 aliphatic heterocycles. The third-order valence-electron chi connectivity index (χ3n) is 0.0845. The van der Waals surface area contributed by atoms with E-state index in [9.17, 15) is 0 Å². The first kappa shape index (κ1) is 9.24. The summed E-state index contributed by atoms with van der Waals surface area (Å²) in [4.78, 5) is 0. The van der Waals surface area contributed by atoms with E-state index in [1.807, 2.05) is 0 Å². The summed E-state index contributed by atoms with van der Waals surface area (Å²) in [6.45, 7) is 0.0849. The predicted molar refractivity (Wildman–Crippen MR) is 17.8 cm³/mol. The van der Waals surface area contributed by atoms with Crippen molar-refractivity contribution in [2.45, 2.75) is 0 Å². The molecule has 0 radical (unpaired) electrons. The summed E-state index contributed by atoms with van der Waals surface area (Å²) in [5, 5.41) is 7.74. The molecule has 0 saturated heterocycles. The third-order valence-corrected chi connectivity index (χ3v) is 0.254. The Morgan fingerprint density at radius 2 is 1.80 bits per heavy atom. The van der Waals surface area contributed by atoms with E-state index in [1.54, 1.807) is 0 Å². The van der Waals surface area contributed by atoms with E-state index in [4.69, 9.17) is 16.7 Å². The summed E-state index contributed by atoms with van der Waals surface area (Å²) in [5.41, 5.74) is 0. The maximum absolute atomic E-state index is 7.74. The van der Waals surface area contributed by atoms with Crippen LogP contribution in [0.2, 0.25) is 0 Å². The Labute approximate surface area is 46.8 Å². The minimum Gasteiger partial charge on any atom is -0.395 e. The van der Waals surface area contributed by atoms with E-state index >= 15 is 0 Å². The molecule has 5 heavy (non-hydrogen) atoms. The van der Waals surface area contributed by atoms with Crippen LogP contribution in [0, 0.1) is 0 Å². The molecule has 34 valence electrons. The smallest absolute Gasteiger partial charge is 0.0566 e. The van der Waals surface area contributed by atoms with Crippen LogP contribution in [0.5, 0.6) is 0 Å². The summed E-state index contributed by atoms with van der Waals surface area (Å²) in [5.74, 6) is 0.347. The van der Waals surface area contributed by atoms with Gasteiger partial charge in [-0.15, -0.1) is 11.6 Å². The van der Waals surface area contributed by atoms with Gasteiger partial charge in [0, 0.05) is 22.9 Å². The molecule has 0 fully saturated rings. The first-order valence-electron chi connectivity index (χ1n) is 1.08. The largest absolute Gasteiger partial charge is 0.395 e. The molecule has 0 aromatic heterocycles. The van der Waals surface area contributed by atoms with Crippen LogP contribution >= 0.6 is 11.6 Å². The molecule has 0 heterocycles. The predicted octanol–water partition coefficient (Wildman–Crippen LogP) is 0.215. The van der Waals surface area contributed by atoms with Crippen LogP contribution in [0.1, 0.15) is 0 Å². The van der Waals surface area contributed by atoms with E-state index in [-0.39, 0.29) is 23.7 Å². The fourth-order valence-electron chi connectivity index (χ4n) is 0. The molecule has 1 N–H and O–H groups in total. The Hall–Kier alpha value is 0.769. The third kappa shape index (κ3) is 11.7. The molecule has 1 nitrogen and oxygen atoms in total. The van der Waals surface area contributed by atoms with Gasteiger partial charge in [0.2, 0.25) is 0 Å². The molecule has 0 aromatic carbocycles. The van der Waals surface area contributed by atoms with Gasteiger partial charge in [0.05, 0.1) is 6.61 Å². The van der Waals surface area contributed by atoms with E-state index in [2.05, 4.69) is 0 Å². The van der Waals surface area contributed by atoms with Crippen LogP contribution in [0.15, 0.2) is 0 Å². The van der Waals surface area contributed by atoms with Crippen molar-refractivity contribution in [1.29, 1.82) is 0 Å². The number of aliphatic hydroxyl groups is 1. The van der Waals surface area contributed by atoms with Crippen molar-refractivity contribution < 1.29 is 22.2 Å². The summed E-state index contributed by atoms with van der Waals surface area (Å²) in [7, 11) is 0. The van der Waals surface area contributed by atoms with Gasteiger partial charge in [-0.05, 0) is 0 Å². The maximum Gasteiger partial charge on any atom is 0.0566 e. The summed E-state index contributed by atoms with van der Waals surface area (Å²) < 4.78 is 0. The average Bonchev–Trinajstić information content (AvgIpc) is 1.37. The number of hydrogen-bond acceptors (Lipinski definition) is 1. The summed E-state index contributed by atoms with van der Waals surface area (Å²) in [6, 6.07) is 0. The number of alkyl halides is 1. The van der Waals surface area contributed by atoms with Crippen molar-refractivity contribution in [1.82, 2.24) is 0 Å². The van der Waals surface area contributed by atoms with Gasteiger partial charge in [-0.3, -0.25) is 0 Å². The van der Waals surface area contributed by atoms with Gasteiger partial charge in [0.25, 0.3) is 0 Å². The normalized spacial score (nSPS) is 6.00. The fourth-order valence-corrected chi connectivity index (χ4v) is 0. The maximum atomic E-state index is 7.74. The van der Waals surface area contributed by atoms with Crippen LogP contribution < -0.4 is 0 Å². The minimum atomic E-state index is 0. The van der Waals surface area contributed by atoms with Gasteiger partial charge in [-0.25, -0.2) is 0 Å². The Bertz CT molecular complexity index is 11.6. The minimum absolute atomic E-state index is 0. The molecule has 0 bridgehead atoms. The van der Waals surface area contributed by atoms with E-state index in [0.29, 0.717) is 5.88 Å². The molecule has 0 atom stereocenters. The molecule has 0 aliphatic rings. The Morgan fingerprint density at radius 3 is 1.80 bits per heavy atom. The SMILES string of the molecule is OCCCl.[Fe]. The summed E-state index contributed by atoms with van der Waals surface area (Å²) in [6.07, 6.45) is 0. The van der Waals surface area contributed by atoms with E-state index in [1.165, 1.54) is 0 Å². The van der Waals surface area contributed by atoms with Crippen LogP contribution in [-0.2, 0) is 17.1 Å². The van der Waals surface area contributed by atoms with Crippen LogP contribution in [0.25, 0.3) is 0 Å². The summed E-state index contributed by atoms with van der Waals surface area (Å²) >= 11 is 4.94. The zero-order valence-corrected chi connectivity index (χ0v) is 4.45. The molecule has 3 heteroatoms. The van der Waals surface area contributed by atoms with Crippen molar-refractivity contribution in [2.75, 3.05) is 12.5 Å². The molecule has 0 unspecified atom stereocenters.